The summed E-state index contributed by atoms with van der Waals surface area (Å²) < 4.78 is 5.44. The van der Waals surface area contributed by atoms with Gasteiger partial charge in [0, 0.05) is 6.04 Å². The number of carboxylic acid groups (broad SMARTS) is 1. The van der Waals surface area contributed by atoms with E-state index in [2.05, 4.69) is 21.9 Å². The summed E-state index contributed by atoms with van der Waals surface area (Å²) in [5.41, 5.74) is -0.0921. The van der Waals surface area contributed by atoms with E-state index in [4.69, 9.17) is 9.84 Å². The lowest BCUT2D eigenvalue weighted by Crippen LogP contribution is -2.26. The van der Waals surface area contributed by atoms with Gasteiger partial charge in [0.15, 0.2) is 5.69 Å². The average molecular weight is 251 g/mol. The van der Waals surface area contributed by atoms with Crippen molar-refractivity contribution in [2.75, 3.05) is 20.2 Å². The summed E-state index contributed by atoms with van der Waals surface area (Å²) in [5.74, 6) is -0.820. The largest absolute Gasteiger partial charge is 0.476 e. The Morgan fingerprint density at radius 3 is 3.11 bits per heavy atom. The number of rotatable bonds is 5. The number of carboxylic acids is 1. The third-order valence-corrected chi connectivity index (χ3v) is 3.20. The molecule has 6 nitrogen and oxygen atoms in total. The van der Waals surface area contributed by atoms with Gasteiger partial charge in [0.05, 0.1) is 19.0 Å². The number of aromatic carboxylic acids is 1. The summed E-state index contributed by atoms with van der Waals surface area (Å²) in [6, 6.07) is 0.556. The van der Waals surface area contributed by atoms with Crippen molar-refractivity contribution in [3.63, 3.8) is 0 Å². The molecular weight excluding hydrogens is 234 g/mol. The van der Waals surface area contributed by atoms with Crippen LogP contribution in [0.25, 0.3) is 0 Å². The topological polar surface area (TPSA) is 75.5 Å². The highest BCUT2D eigenvalue weighted by Gasteiger charge is 2.20. The first-order valence-corrected chi connectivity index (χ1v) is 6.05. The van der Waals surface area contributed by atoms with Gasteiger partial charge >= 0.3 is 5.97 Å². The Morgan fingerprint density at radius 2 is 2.44 bits per heavy atom. The Hall–Kier alpha value is -1.69. The SMILES string of the molecule is CN1CCCC1CCOc1cncc(C(=O)O)n1. The van der Waals surface area contributed by atoms with Crippen molar-refractivity contribution in [1.82, 2.24) is 14.9 Å². The fraction of sp³-hybridized carbons (Fsp3) is 0.583. The molecule has 6 heteroatoms. The van der Waals surface area contributed by atoms with E-state index in [-0.39, 0.29) is 11.6 Å². The number of aromatic nitrogens is 2. The van der Waals surface area contributed by atoms with E-state index >= 15 is 0 Å². The smallest absolute Gasteiger partial charge is 0.356 e. The minimum Gasteiger partial charge on any atom is -0.476 e. The number of ether oxygens (including phenoxy) is 1. The molecule has 0 aromatic carbocycles. The predicted octanol–water partition coefficient (Wildman–Crippen LogP) is 1.04. The fourth-order valence-electron chi connectivity index (χ4n) is 2.16. The molecule has 0 spiro atoms. The first-order valence-electron chi connectivity index (χ1n) is 6.05. The van der Waals surface area contributed by atoms with Crippen LogP contribution in [0.3, 0.4) is 0 Å². The first kappa shape index (κ1) is 12.8. The van der Waals surface area contributed by atoms with Crippen LogP contribution in [0.4, 0.5) is 0 Å². The fourth-order valence-corrected chi connectivity index (χ4v) is 2.16. The van der Waals surface area contributed by atoms with Crippen LogP contribution in [0.15, 0.2) is 12.4 Å². The molecule has 0 amide bonds. The van der Waals surface area contributed by atoms with Crippen LogP contribution in [-0.2, 0) is 0 Å². The second-order valence-corrected chi connectivity index (χ2v) is 4.46. The third kappa shape index (κ3) is 3.16. The average Bonchev–Trinajstić information content (AvgIpc) is 2.76. The van der Waals surface area contributed by atoms with E-state index in [0.29, 0.717) is 12.6 Å². The van der Waals surface area contributed by atoms with E-state index < -0.39 is 5.97 Å². The second kappa shape index (κ2) is 5.77. The lowest BCUT2D eigenvalue weighted by Gasteiger charge is -2.18. The Morgan fingerprint density at radius 1 is 1.61 bits per heavy atom. The molecule has 0 bridgehead atoms. The minimum atomic E-state index is -1.09. The standard InChI is InChI=1S/C12H17N3O3/c1-15-5-2-3-9(15)4-6-18-11-8-13-7-10(14-11)12(16)17/h7-9H,2-6H2,1H3,(H,16,17). The van der Waals surface area contributed by atoms with Gasteiger partial charge < -0.3 is 14.7 Å². The van der Waals surface area contributed by atoms with Crippen molar-refractivity contribution in [2.45, 2.75) is 25.3 Å². The molecule has 0 radical (unpaired) electrons. The lowest BCUT2D eigenvalue weighted by atomic mass is 10.1. The summed E-state index contributed by atoms with van der Waals surface area (Å²) >= 11 is 0. The molecular formula is C12H17N3O3. The number of likely N-dealkylation sites (tertiary alicyclic amines) is 1. The highest BCUT2D eigenvalue weighted by atomic mass is 16.5. The molecule has 1 aromatic heterocycles. The van der Waals surface area contributed by atoms with Crippen molar-refractivity contribution in [3.05, 3.63) is 18.1 Å². The Bertz CT molecular complexity index is 425. The highest BCUT2D eigenvalue weighted by molar-refractivity contribution is 5.84. The quantitative estimate of drug-likeness (QED) is 0.842. The van der Waals surface area contributed by atoms with Crippen molar-refractivity contribution < 1.29 is 14.6 Å². The Kier molecular flexibility index (Phi) is 4.09. The third-order valence-electron chi connectivity index (χ3n) is 3.20. The highest BCUT2D eigenvalue weighted by Crippen LogP contribution is 2.18. The molecule has 1 unspecified atom stereocenters. The maximum absolute atomic E-state index is 10.7. The molecule has 1 saturated heterocycles. The summed E-state index contributed by atoms with van der Waals surface area (Å²) in [7, 11) is 2.11. The van der Waals surface area contributed by atoms with Crippen molar-refractivity contribution in [1.29, 1.82) is 0 Å². The van der Waals surface area contributed by atoms with E-state index in [9.17, 15) is 4.79 Å². The van der Waals surface area contributed by atoms with Crippen molar-refractivity contribution in [2.24, 2.45) is 0 Å². The van der Waals surface area contributed by atoms with Crippen LogP contribution >= 0.6 is 0 Å². The Balaban J connectivity index is 1.83. The zero-order valence-corrected chi connectivity index (χ0v) is 10.4. The zero-order chi connectivity index (χ0) is 13.0. The molecule has 2 rings (SSSR count). The van der Waals surface area contributed by atoms with Crippen LogP contribution in [-0.4, -0.2) is 52.2 Å². The number of hydrogen-bond donors (Lipinski definition) is 1. The van der Waals surface area contributed by atoms with Gasteiger partial charge in [-0.1, -0.05) is 0 Å². The van der Waals surface area contributed by atoms with Gasteiger partial charge in [-0.25, -0.2) is 9.78 Å². The van der Waals surface area contributed by atoms with Gasteiger partial charge in [-0.05, 0) is 32.9 Å². The molecule has 0 saturated carbocycles. The number of nitrogens with zero attached hydrogens (tertiary/aromatic N) is 3. The van der Waals surface area contributed by atoms with Gasteiger partial charge in [-0.15, -0.1) is 0 Å². The maximum atomic E-state index is 10.7. The van der Waals surface area contributed by atoms with E-state index in [1.165, 1.54) is 25.2 Å². The van der Waals surface area contributed by atoms with E-state index in [1.54, 1.807) is 0 Å². The number of carbonyl (C=O) groups is 1. The van der Waals surface area contributed by atoms with Gasteiger partial charge in [-0.3, -0.25) is 4.98 Å². The second-order valence-electron chi connectivity index (χ2n) is 4.46. The predicted molar refractivity (Wildman–Crippen MR) is 64.8 cm³/mol. The van der Waals surface area contributed by atoms with Crippen LogP contribution in [0.1, 0.15) is 29.8 Å². The summed E-state index contributed by atoms with van der Waals surface area (Å²) in [4.78, 5) is 20.7. The summed E-state index contributed by atoms with van der Waals surface area (Å²) in [5, 5.41) is 8.78. The van der Waals surface area contributed by atoms with Crippen LogP contribution in [0.2, 0.25) is 0 Å². The van der Waals surface area contributed by atoms with E-state index in [1.807, 2.05) is 0 Å². The molecule has 1 N–H and O–H groups in total. The monoisotopic (exact) mass is 251 g/mol. The zero-order valence-electron chi connectivity index (χ0n) is 10.4. The molecule has 0 aliphatic carbocycles. The van der Waals surface area contributed by atoms with Gasteiger partial charge in [0.2, 0.25) is 5.88 Å². The molecule has 18 heavy (non-hydrogen) atoms. The van der Waals surface area contributed by atoms with Crippen LogP contribution in [0.5, 0.6) is 5.88 Å². The summed E-state index contributed by atoms with van der Waals surface area (Å²) in [6.07, 6.45) is 6.00. The maximum Gasteiger partial charge on any atom is 0.356 e. The summed E-state index contributed by atoms with van der Waals surface area (Å²) in [6.45, 7) is 1.67. The van der Waals surface area contributed by atoms with Gasteiger partial charge in [-0.2, -0.15) is 0 Å². The van der Waals surface area contributed by atoms with Gasteiger partial charge in [0.1, 0.15) is 0 Å². The van der Waals surface area contributed by atoms with E-state index in [0.717, 1.165) is 13.0 Å². The van der Waals surface area contributed by atoms with Crippen molar-refractivity contribution >= 4 is 5.97 Å². The molecule has 1 fully saturated rings. The molecule has 1 aliphatic heterocycles. The number of hydrogen-bond acceptors (Lipinski definition) is 5. The first-order chi connectivity index (χ1) is 8.66. The molecule has 1 atom stereocenters. The van der Waals surface area contributed by atoms with Gasteiger partial charge in [0.25, 0.3) is 0 Å². The molecule has 2 heterocycles. The normalized spacial score (nSPS) is 19.9. The molecule has 98 valence electrons. The molecule has 1 aromatic rings. The van der Waals surface area contributed by atoms with Crippen LogP contribution < -0.4 is 4.74 Å². The lowest BCUT2D eigenvalue weighted by molar-refractivity contribution is 0.0688. The minimum absolute atomic E-state index is 0.0921. The molecule has 1 aliphatic rings. The van der Waals surface area contributed by atoms with Crippen molar-refractivity contribution in [3.8, 4) is 5.88 Å². The van der Waals surface area contributed by atoms with Crippen LogP contribution in [0, 0.1) is 0 Å². The Labute approximate surface area is 106 Å².